The van der Waals surface area contributed by atoms with Crippen LogP contribution in [-0.2, 0) is 13.2 Å². The molecule has 6 nitrogen and oxygen atoms in total. The smallest absolute Gasteiger partial charge is 0.142 e. The molecular formula is C28H25ClFN3O3S. The summed E-state index contributed by atoms with van der Waals surface area (Å²) in [4.78, 5) is 7.55. The van der Waals surface area contributed by atoms with Crippen molar-refractivity contribution in [3.63, 3.8) is 0 Å². The number of nitrogens with zero attached hydrogens (tertiary/aromatic N) is 2. The molecule has 2 heterocycles. The van der Waals surface area contributed by atoms with Gasteiger partial charge in [0.05, 0.1) is 23.0 Å². The fourth-order valence-corrected chi connectivity index (χ4v) is 6.08. The van der Waals surface area contributed by atoms with Crippen LogP contribution in [0.3, 0.4) is 0 Å². The first-order valence-corrected chi connectivity index (χ1v) is 13.3. The van der Waals surface area contributed by atoms with Crippen molar-refractivity contribution in [1.29, 1.82) is 0 Å². The summed E-state index contributed by atoms with van der Waals surface area (Å²) in [5, 5.41) is 25.8. The molecule has 2 atom stereocenters. The lowest BCUT2D eigenvalue weighted by molar-refractivity contribution is 0.160. The number of nitrogens with one attached hydrogen (secondary N) is 1. The van der Waals surface area contributed by atoms with Gasteiger partial charge >= 0.3 is 0 Å². The highest BCUT2D eigenvalue weighted by Crippen LogP contribution is 2.38. The number of ether oxygens (including phenoxy) is 1. The maximum Gasteiger partial charge on any atom is 0.142 e. The molecule has 3 N–H and O–H groups in total. The molecule has 3 aromatic rings. The fourth-order valence-electron chi connectivity index (χ4n) is 4.04. The molecule has 3 aromatic carbocycles. The molecule has 0 amide bonds. The molecule has 0 aliphatic carbocycles. The minimum atomic E-state index is -0.904. The third kappa shape index (κ3) is 5.78. The van der Waals surface area contributed by atoms with E-state index in [0.717, 1.165) is 16.1 Å². The number of fused-ring (bicyclic) bond motifs is 1. The lowest BCUT2D eigenvalue weighted by atomic mass is 10.1. The Morgan fingerprint density at radius 1 is 1.05 bits per heavy atom. The van der Waals surface area contributed by atoms with Crippen molar-refractivity contribution in [2.75, 3.05) is 11.9 Å². The van der Waals surface area contributed by atoms with Gasteiger partial charge in [0.25, 0.3) is 0 Å². The highest BCUT2D eigenvalue weighted by Gasteiger charge is 2.29. The largest absolute Gasteiger partial charge is 0.487 e. The van der Waals surface area contributed by atoms with Crippen LogP contribution >= 0.6 is 22.1 Å². The molecular weight excluding hydrogens is 513 g/mol. The van der Waals surface area contributed by atoms with Crippen LogP contribution in [0.25, 0.3) is 0 Å². The summed E-state index contributed by atoms with van der Waals surface area (Å²) in [5.74, 6) is 0.777. The van der Waals surface area contributed by atoms with Crippen LogP contribution < -0.4 is 10.1 Å². The van der Waals surface area contributed by atoms with Crippen molar-refractivity contribution in [3.8, 4) is 5.75 Å². The highest BCUT2D eigenvalue weighted by molar-refractivity contribution is 8.19. The summed E-state index contributed by atoms with van der Waals surface area (Å²) in [7, 11) is -0.696. The summed E-state index contributed by atoms with van der Waals surface area (Å²) >= 11 is 6.47. The van der Waals surface area contributed by atoms with Gasteiger partial charge in [0.1, 0.15) is 29.4 Å². The Kier molecular flexibility index (Phi) is 7.71. The Hall–Kier alpha value is -3.43. The molecule has 5 rings (SSSR count). The molecule has 190 valence electrons. The number of aliphatic hydroxyl groups is 2. The van der Waals surface area contributed by atoms with Crippen LogP contribution in [0.2, 0.25) is 5.02 Å². The van der Waals surface area contributed by atoms with E-state index in [1.54, 1.807) is 30.6 Å². The highest BCUT2D eigenvalue weighted by atomic mass is 35.5. The number of benzene rings is 3. The van der Waals surface area contributed by atoms with E-state index in [1.807, 2.05) is 52.8 Å². The summed E-state index contributed by atoms with van der Waals surface area (Å²) in [6.07, 6.45) is 3.66. The number of anilines is 1. The van der Waals surface area contributed by atoms with E-state index in [4.69, 9.17) is 16.3 Å². The molecule has 0 aromatic heterocycles. The normalized spacial score (nSPS) is 17.2. The van der Waals surface area contributed by atoms with E-state index in [1.165, 1.54) is 12.1 Å². The first kappa shape index (κ1) is 25.2. The SMILES string of the molecule is OC[C@H](O)S1=C2C(=C(Nc3ccc(OCc4cccc(F)c4)c(Cl)c3)N=CN2Cc2ccccc2)C=C1. The zero-order valence-corrected chi connectivity index (χ0v) is 21.3. The first-order valence-electron chi connectivity index (χ1n) is 11.6. The quantitative estimate of drug-likeness (QED) is 0.316. The molecule has 1 unspecified atom stereocenters. The molecule has 0 saturated heterocycles. The van der Waals surface area contributed by atoms with Gasteiger partial charge in [0.15, 0.2) is 0 Å². The lowest BCUT2D eigenvalue weighted by Gasteiger charge is -2.29. The minimum Gasteiger partial charge on any atom is -0.487 e. The Bertz CT molecular complexity index is 1430. The first-order chi connectivity index (χ1) is 18.0. The maximum atomic E-state index is 13.4. The van der Waals surface area contributed by atoms with Crippen LogP contribution in [0.15, 0.2) is 101 Å². The Morgan fingerprint density at radius 2 is 1.86 bits per heavy atom. The minimum absolute atomic E-state index is 0.194. The second-order valence-electron chi connectivity index (χ2n) is 8.43. The molecule has 0 radical (unpaired) electrons. The van der Waals surface area contributed by atoms with Crippen LogP contribution in [0.4, 0.5) is 10.1 Å². The molecule has 0 bridgehead atoms. The molecule has 2 aliphatic heterocycles. The topological polar surface area (TPSA) is 77.3 Å². The number of hydrogen-bond donors (Lipinski definition) is 3. The summed E-state index contributed by atoms with van der Waals surface area (Å²) in [6.45, 7) is 0.443. The summed E-state index contributed by atoms with van der Waals surface area (Å²) < 4.78 is 19.2. The molecule has 0 saturated carbocycles. The zero-order chi connectivity index (χ0) is 25.8. The number of aliphatic hydroxyl groups excluding tert-OH is 2. The maximum absolute atomic E-state index is 13.4. The van der Waals surface area contributed by atoms with Crippen LogP contribution in [0.5, 0.6) is 5.75 Å². The molecule has 2 aliphatic rings. The van der Waals surface area contributed by atoms with E-state index in [-0.39, 0.29) is 19.0 Å². The number of rotatable bonds is 9. The van der Waals surface area contributed by atoms with Gasteiger partial charge in [0.2, 0.25) is 0 Å². The average Bonchev–Trinajstić information content (AvgIpc) is 3.36. The Labute approximate surface area is 221 Å². The number of halogens is 2. The van der Waals surface area contributed by atoms with E-state index >= 15 is 0 Å². The molecule has 0 spiro atoms. The second kappa shape index (κ2) is 11.3. The van der Waals surface area contributed by atoms with Crippen molar-refractivity contribution >= 4 is 39.1 Å². The summed E-state index contributed by atoms with van der Waals surface area (Å²) in [6, 6.07) is 21.5. The Balaban J connectivity index is 1.36. The standard InChI is InChI=1S/C28H25ClFN3O3S/c29-24-14-22(9-10-25(24)36-17-20-7-4-8-21(30)13-20)32-27-23-11-12-37(26(35)16-34)28(23)33(18-31-27)15-19-5-2-1-3-6-19/h1-14,18,26,32,34-35H,15-17H2/t26-,37?/m1/s1. The van der Waals surface area contributed by atoms with Crippen LogP contribution in [0, 0.1) is 5.82 Å². The van der Waals surface area contributed by atoms with Gasteiger partial charge in [0, 0.05) is 17.8 Å². The molecule has 9 heteroatoms. The molecule has 0 fully saturated rings. The van der Waals surface area contributed by atoms with Gasteiger partial charge < -0.3 is 25.2 Å². The van der Waals surface area contributed by atoms with Crippen molar-refractivity contribution in [3.05, 3.63) is 118 Å². The third-order valence-corrected chi connectivity index (χ3v) is 8.16. The predicted molar refractivity (Wildman–Crippen MR) is 148 cm³/mol. The average molecular weight is 538 g/mol. The monoisotopic (exact) mass is 537 g/mol. The van der Waals surface area contributed by atoms with E-state index in [0.29, 0.717) is 34.4 Å². The van der Waals surface area contributed by atoms with Gasteiger partial charge in [-0.05, 0) is 52.9 Å². The van der Waals surface area contributed by atoms with Gasteiger partial charge in [-0.3, -0.25) is 0 Å². The van der Waals surface area contributed by atoms with E-state index in [2.05, 4.69) is 10.3 Å². The van der Waals surface area contributed by atoms with Gasteiger partial charge in [-0.1, -0.05) is 54.1 Å². The predicted octanol–water partition coefficient (Wildman–Crippen LogP) is 5.46. The third-order valence-electron chi connectivity index (χ3n) is 5.80. The number of hydrogen-bond acceptors (Lipinski definition) is 6. The van der Waals surface area contributed by atoms with Gasteiger partial charge in [-0.2, -0.15) is 0 Å². The zero-order valence-electron chi connectivity index (χ0n) is 19.7. The van der Waals surface area contributed by atoms with Crippen molar-refractivity contribution in [1.82, 2.24) is 4.90 Å². The van der Waals surface area contributed by atoms with E-state index < -0.39 is 15.9 Å². The fraction of sp³-hybridized carbons (Fsp3) is 0.143. The van der Waals surface area contributed by atoms with Crippen molar-refractivity contribution < 1.29 is 19.3 Å². The van der Waals surface area contributed by atoms with Gasteiger partial charge in [-0.25, -0.2) is 9.38 Å². The van der Waals surface area contributed by atoms with Crippen LogP contribution in [-0.4, -0.2) is 38.5 Å². The van der Waals surface area contributed by atoms with Gasteiger partial charge in [-0.15, -0.1) is 10.5 Å². The Morgan fingerprint density at radius 3 is 2.62 bits per heavy atom. The molecule has 37 heavy (non-hydrogen) atoms. The van der Waals surface area contributed by atoms with Crippen LogP contribution in [0.1, 0.15) is 11.1 Å². The van der Waals surface area contributed by atoms with Crippen molar-refractivity contribution in [2.45, 2.75) is 18.6 Å². The van der Waals surface area contributed by atoms with Crippen molar-refractivity contribution in [2.24, 2.45) is 4.99 Å². The second-order valence-corrected chi connectivity index (χ2v) is 10.8. The number of aliphatic imine (C=N–C) groups is 1. The lowest BCUT2D eigenvalue weighted by Crippen LogP contribution is -2.34. The summed E-state index contributed by atoms with van der Waals surface area (Å²) in [5.41, 5.74) is 2.46. The van der Waals surface area contributed by atoms with E-state index in [9.17, 15) is 14.6 Å².